The molecule has 1 amide bonds. The quantitative estimate of drug-likeness (QED) is 0.411. The molecule has 1 aromatic carbocycles. The summed E-state index contributed by atoms with van der Waals surface area (Å²) >= 11 is 0. The van der Waals surface area contributed by atoms with E-state index in [1.165, 1.54) is 25.7 Å². The second kappa shape index (κ2) is 10.1. The zero-order valence-corrected chi connectivity index (χ0v) is 15.8. The summed E-state index contributed by atoms with van der Waals surface area (Å²) in [7, 11) is 3.55. The number of carbonyl (C=O) groups excluding carboxylic acids is 1. The summed E-state index contributed by atoms with van der Waals surface area (Å²) in [6.45, 7) is 4.63. The minimum Gasteiger partial charge on any atom is -0.357 e. The summed E-state index contributed by atoms with van der Waals surface area (Å²) in [5.41, 5.74) is 1.90. The van der Waals surface area contributed by atoms with Gasteiger partial charge in [0.1, 0.15) is 0 Å². The fourth-order valence-corrected chi connectivity index (χ4v) is 2.76. The molecule has 5 heteroatoms. The van der Waals surface area contributed by atoms with Gasteiger partial charge in [0.15, 0.2) is 5.96 Å². The maximum absolute atomic E-state index is 12.0. The van der Waals surface area contributed by atoms with Gasteiger partial charge in [-0.3, -0.25) is 9.79 Å². The Hall–Kier alpha value is -2.04. The molecule has 0 radical (unpaired) electrons. The molecule has 1 saturated carbocycles. The van der Waals surface area contributed by atoms with Crippen LogP contribution in [0, 0.1) is 5.92 Å². The first-order chi connectivity index (χ1) is 12.1. The van der Waals surface area contributed by atoms with Crippen LogP contribution >= 0.6 is 0 Å². The second-order valence-electron chi connectivity index (χ2n) is 6.92. The van der Waals surface area contributed by atoms with E-state index in [9.17, 15) is 4.79 Å². The van der Waals surface area contributed by atoms with Crippen molar-refractivity contribution in [3.8, 4) is 0 Å². The smallest absolute Gasteiger partial charge is 0.253 e. The van der Waals surface area contributed by atoms with E-state index in [2.05, 4.69) is 28.6 Å². The van der Waals surface area contributed by atoms with Crippen LogP contribution in [-0.2, 0) is 6.42 Å². The Bertz CT molecular complexity index is 579. The number of guanidine groups is 1. The second-order valence-corrected chi connectivity index (χ2v) is 6.92. The normalized spacial score (nSPS) is 14.3. The van der Waals surface area contributed by atoms with E-state index < -0.39 is 0 Å². The van der Waals surface area contributed by atoms with Gasteiger partial charge in [0, 0.05) is 39.3 Å². The van der Waals surface area contributed by atoms with Gasteiger partial charge in [-0.2, -0.15) is 0 Å². The maximum atomic E-state index is 12.0. The van der Waals surface area contributed by atoms with Crippen molar-refractivity contribution in [1.29, 1.82) is 0 Å². The summed E-state index contributed by atoms with van der Waals surface area (Å²) < 4.78 is 0. The van der Waals surface area contributed by atoms with Crippen molar-refractivity contribution in [2.24, 2.45) is 10.9 Å². The van der Waals surface area contributed by atoms with Gasteiger partial charge in [-0.05, 0) is 49.8 Å². The van der Waals surface area contributed by atoms with E-state index in [-0.39, 0.29) is 5.91 Å². The van der Waals surface area contributed by atoms with Crippen LogP contribution in [0.4, 0.5) is 0 Å². The Morgan fingerprint density at radius 2 is 2.08 bits per heavy atom. The predicted molar refractivity (Wildman–Crippen MR) is 104 cm³/mol. The number of benzene rings is 1. The van der Waals surface area contributed by atoms with Crippen molar-refractivity contribution in [2.75, 3.05) is 33.7 Å². The number of amides is 1. The third-order valence-electron chi connectivity index (χ3n) is 4.37. The van der Waals surface area contributed by atoms with E-state index in [1.807, 2.05) is 18.2 Å². The molecule has 2 N–H and O–H groups in total. The molecule has 25 heavy (non-hydrogen) atoms. The van der Waals surface area contributed by atoms with Crippen LogP contribution in [0.25, 0.3) is 0 Å². The zero-order valence-electron chi connectivity index (χ0n) is 15.8. The lowest BCUT2D eigenvalue weighted by molar-refractivity contribution is 0.0827. The van der Waals surface area contributed by atoms with Gasteiger partial charge in [0.2, 0.25) is 0 Å². The molecule has 0 aromatic heterocycles. The molecule has 0 spiro atoms. The average molecular weight is 345 g/mol. The zero-order chi connectivity index (χ0) is 18.1. The molecule has 1 fully saturated rings. The summed E-state index contributed by atoms with van der Waals surface area (Å²) in [6, 6.07) is 7.85. The topological polar surface area (TPSA) is 56.7 Å². The lowest BCUT2D eigenvalue weighted by atomic mass is 10.1. The Morgan fingerprint density at radius 3 is 2.76 bits per heavy atom. The summed E-state index contributed by atoms with van der Waals surface area (Å²) in [6.07, 6.45) is 6.18. The number of hydrogen-bond donors (Lipinski definition) is 2. The predicted octanol–water partition coefficient (Wildman–Crippen LogP) is 2.68. The fraction of sp³-hybridized carbons (Fsp3) is 0.600. The highest BCUT2D eigenvalue weighted by Crippen LogP contribution is 2.33. The van der Waals surface area contributed by atoms with Crippen molar-refractivity contribution in [3.63, 3.8) is 0 Å². The van der Waals surface area contributed by atoms with Crippen LogP contribution in [0.15, 0.2) is 29.3 Å². The van der Waals surface area contributed by atoms with Crippen molar-refractivity contribution in [1.82, 2.24) is 15.5 Å². The minimum atomic E-state index is 0.0420. The Morgan fingerprint density at radius 1 is 1.28 bits per heavy atom. The first-order valence-corrected chi connectivity index (χ1v) is 9.43. The van der Waals surface area contributed by atoms with E-state index >= 15 is 0 Å². The van der Waals surface area contributed by atoms with E-state index in [0.717, 1.165) is 49.1 Å². The van der Waals surface area contributed by atoms with E-state index in [4.69, 9.17) is 0 Å². The number of carbonyl (C=O) groups is 1. The minimum absolute atomic E-state index is 0.0420. The third kappa shape index (κ3) is 7.16. The maximum Gasteiger partial charge on any atom is 0.253 e. The Kier molecular flexibility index (Phi) is 7.76. The molecule has 0 heterocycles. The van der Waals surface area contributed by atoms with Crippen molar-refractivity contribution in [2.45, 2.75) is 39.0 Å². The van der Waals surface area contributed by atoms with Crippen molar-refractivity contribution < 1.29 is 4.79 Å². The van der Waals surface area contributed by atoms with Gasteiger partial charge >= 0.3 is 0 Å². The largest absolute Gasteiger partial charge is 0.357 e. The number of nitrogens with one attached hydrogen (secondary N) is 2. The molecule has 0 atom stereocenters. The Balaban J connectivity index is 1.78. The molecule has 1 aliphatic carbocycles. The van der Waals surface area contributed by atoms with Gasteiger partial charge in [-0.25, -0.2) is 0 Å². The van der Waals surface area contributed by atoms with E-state index in [1.54, 1.807) is 19.0 Å². The molecule has 138 valence electrons. The van der Waals surface area contributed by atoms with Crippen LogP contribution in [0.1, 0.15) is 48.5 Å². The molecule has 0 bridgehead atoms. The molecular formula is C20H32N4O. The first-order valence-electron chi connectivity index (χ1n) is 9.43. The van der Waals surface area contributed by atoms with Gasteiger partial charge in [-0.15, -0.1) is 0 Å². The van der Waals surface area contributed by atoms with Crippen molar-refractivity contribution in [3.05, 3.63) is 35.4 Å². The number of aliphatic imine (C=N–C) groups is 1. The molecule has 5 nitrogen and oxygen atoms in total. The lowest BCUT2D eigenvalue weighted by Gasteiger charge is -2.13. The monoisotopic (exact) mass is 344 g/mol. The van der Waals surface area contributed by atoms with Crippen LogP contribution < -0.4 is 10.6 Å². The molecule has 0 aliphatic heterocycles. The third-order valence-corrected chi connectivity index (χ3v) is 4.37. The average Bonchev–Trinajstić information content (AvgIpc) is 3.42. The highest BCUT2D eigenvalue weighted by atomic mass is 16.2. The van der Waals surface area contributed by atoms with Gasteiger partial charge in [-0.1, -0.05) is 25.0 Å². The number of nitrogens with zero attached hydrogens (tertiary/aromatic N) is 2. The highest BCUT2D eigenvalue weighted by molar-refractivity contribution is 5.94. The van der Waals surface area contributed by atoms with Crippen molar-refractivity contribution >= 4 is 11.9 Å². The van der Waals surface area contributed by atoms with Crippen LogP contribution in [0.5, 0.6) is 0 Å². The van der Waals surface area contributed by atoms with Gasteiger partial charge in [0.25, 0.3) is 5.91 Å². The lowest BCUT2D eigenvalue weighted by Crippen LogP contribution is -2.38. The van der Waals surface area contributed by atoms with Crippen LogP contribution in [0.3, 0.4) is 0 Å². The molecule has 2 rings (SSSR count). The van der Waals surface area contributed by atoms with Crippen LogP contribution in [-0.4, -0.2) is 50.5 Å². The van der Waals surface area contributed by atoms with Gasteiger partial charge < -0.3 is 15.5 Å². The molecule has 1 aromatic rings. The SMILES string of the molecule is CCNC(=NCCCC1CC1)NCCc1cccc(C(=O)N(C)C)c1. The van der Waals surface area contributed by atoms with E-state index in [0.29, 0.717) is 0 Å². The summed E-state index contributed by atoms with van der Waals surface area (Å²) in [4.78, 5) is 18.3. The molecule has 1 aliphatic rings. The molecule has 0 saturated heterocycles. The molecular weight excluding hydrogens is 312 g/mol. The number of rotatable bonds is 9. The molecule has 0 unspecified atom stereocenters. The standard InChI is InChI=1S/C20H32N4O/c1-4-21-20(22-13-6-8-16-10-11-16)23-14-12-17-7-5-9-18(15-17)19(25)24(2)3/h5,7,9,15-16H,4,6,8,10-14H2,1-3H3,(H2,21,22,23). The van der Waals surface area contributed by atoms with Crippen LogP contribution in [0.2, 0.25) is 0 Å². The summed E-state index contributed by atoms with van der Waals surface area (Å²) in [5, 5.41) is 6.68. The Labute approximate surface area is 151 Å². The summed E-state index contributed by atoms with van der Waals surface area (Å²) in [5.74, 6) is 1.90. The number of hydrogen-bond acceptors (Lipinski definition) is 2. The van der Waals surface area contributed by atoms with Gasteiger partial charge in [0.05, 0.1) is 0 Å². The first kappa shape index (κ1) is 19.3. The highest BCUT2D eigenvalue weighted by Gasteiger charge is 2.19. The fourth-order valence-electron chi connectivity index (χ4n) is 2.76.